The molecule has 0 fully saturated rings. The van der Waals surface area contributed by atoms with E-state index in [2.05, 4.69) is 12.2 Å². The third-order valence-corrected chi connectivity index (χ3v) is 2.12. The Hall–Kier alpha value is -1.10. The maximum Gasteiger partial charge on any atom is 0.318 e. The van der Waals surface area contributed by atoms with Crippen LogP contribution in [0.2, 0.25) is 0 Å². The normalized spacial score (nSPS) is 12.1. The number of amides is 3. The molecule has 0 aliphatic rings. The van der Waals surface area contributed by atoms with E-state index in [1.807, 2.05) is 5.32 Å². The Kier molecular flexibility index (Phi) is 7.62. The van der Waals surface area contributed by atoms with Crippen molar-refractivity contribution in [3.8, 4) is 0 Å². The molecule has 15 heavy (non-hydrogen) atoms. The topological polar surface area (TPSA) is 84.2 Å². The highest BCUT2D eigenvalue weighted by atomic mass is 16.2. The lowest BCUT2D eigenvalue weighted by atomic mass is 10.2. The highest BCUT2D eigenvalue weighted by Crippen LogP contribution is 1.97. The molecular weight excluding hydrogens is 194 g/mol. The highest BCUT2D eigenvalue weighted by molar-refractivity contribution is 5.96. The van der Waals surface area contributed by atoms with Gasteiger partial charge in [0.1, 0.15) is 0 Å². The van der Waals surface area contributed by atoms with Crippen molar-refractivity contribution in [2.75, 3.05) is 6.54 Å². The van der Waals surface area contributed by atoms with E-state index in [0.29, 0.717) is 0 Å². The molecule has 1 unspecified atom stereocenters. The van der Waals surface area contributed by atoms with Gasteiger partial charge in [-0.05, 0) is 19.9 Å². The Bertz CT molecular complexity index is 207. The van der Waals surface area contributed by atoms with Crippen molar-refractivity contribution in [3.05, 3.63) is 0 Å². The molecule has 5 heteroatoms. The number of hydrogen-bond donors (Lipinski definition) is 3. The Morgan fingerprint density at radius 3 is 2.47 bits per heavy atom. The molecule has 0 spiro atoms. The number of primary amides is 1. The minimum Gasteiger partial charge on any atom is -0.351 e. The number of urea groups is 1. The number of imide groups is 1. The summed E-state index contributed by atoms with van der Waals surface area (Å²) < 4.78 is 0. The molecule has 0 aromatic heterocycles. The summed E-state index contributed by atoms with van der Waals surface area (Å²) in [5.41, 5.74) is 4.83. The van der Waals surface area contributed by atoms with E-state index in [0.717, 1.165) is 19.4 Å². The fourth-order valence-corrected chi connectivity index (χ4v) is 1.19. The standard InChI is InChI=1S/C10H21N3O2/c1-3-4-5-6-7-12-8(2)9(14)13-10(11)15/h8,12H,3-7H2,1-2H3,(H3,11,13,14,15). The second-order valence-electron chi connectivity index (χ2n) is 3.59. The van der Waals surface area contributed by atoms with Crippen molar-refractivity contribution in [1.82, 2.24) is 10.6 Å². The maximum absolute atomic E-state index is 11.2. The van der Waals surface area contributed by atoms with Crippen LogP contribution in [0.1, 0.15) is 39.5 Å². The molecule has 0 saturated heterocycles. The van der Waals surface area contributed by atoms with Crippen LogP contribution in [0.25, 0.3) is 0 Å². The van der Waals surface area contributed by atoms with Crippen LogP contribution in [-0.4, -0.2) is 24.5 Å². The molecule has 0 bridgehead atoms. The van der Waals surface area contributed by atoms with Gasteiger partial charge in [0, 0.05) is 0 Å². The molecule has 0 heterocycles. The van der Waals surface area contributed by atoms with Crippen molar-refractivity contribution >= 4 is 11.9 Å². The maximum atomic E-state index is 11.2. The van der Waals surface area contributed by atoms with Crippen molar-refractivity contribution in [2.45, 2.75) is 45.6 Å². The van der Waals surface area contributed by atoms with Gasteiger partial charge in [-0.1, -0.05) is 26.2 Å². The summed E-state index contributed by atoms with van der Waals surface area (Å²) in [4.78, 5) is 21.6. The van der Waals surface area contributed by atoms with Crippen LogP contribution < -0.4 is 16.4 Å². The molecule has 0 saturated carbocycles. The Labute approximate surface area is 90.8 Å². The van der Waals surface area contributed by atoms with Gasteiger partial charge in [0.15, 0.2) is 0 Å². The van der Waals surface area contributed by atoms with Gasteiger partial charge in [-0.3, -0.25) is 10.1 Å². The van der Waals surface area contributed by atoms with Crippen LogP contribution in [0, 0.1) is 0 Å². The van der Waals surface area contributed by atoms with Crippen molar-refractivity contribution in [2.24, 2.45) is 5.73 Å². The number of carbonyl (C=O) groups excluding carboxylic acids is 2. The molecule has 4 N–H and O–H groups in total. The molecule has 0 aliphatic heterocycles. The first-order chi connectivity index (χ1) is 7.07. The second kappa shape index (κ2) is 8.23. The average Bonchev–Trinajstić information content (AvgIpc) is 2.16. The number of nitrogens with one attached hydrogen (secondary N) is 2. The van der Waals surface area contributed by atoms with Crippen molar-refractivity contribution < 1.29 is 9.59 Å². The van der Waals surface area contributed by atoms with Crippen LogP contribution in [0.3, 0.4) is 0 Å². The zero-order chi connectivity index (χ0) is 11.7. The molecule has 0 radical (unpaired) electrons. The number of rotatable bonds is 7. The number of unbranched alkanes of at least 4 members (excludes halogenated alkanes) is 3. The lowest BCUT2D eigenvalue weighted by Crippen LogP contribution is -2.46. The molecule has 0 aromatic carbocycles. The Morgan fingerprint density at radius 2 is 1.93 bits per heavy atom. The SMILES string of the molecule is CCCCCCNC(C)C(=O)NC(N)=O. The first-order valence-electron chi connectivity index (χ1n) is 5.41. The number of hydrogen-bond acceptors (Lipinski definition) is 3. The van der Waals surface area contributed by atoms with Crippen molar-refractivity contribution in [1.29, 1.82) is 0 Å². The van der Waals surface area contributed by atoms with Gasteiger partial charge >= 0.3 is 6.03 Å². The third-order valence-electron chi connectivity index (χ3n) is 2.12. The quantitative estimate of drug-likeness (QED) is 0.548. The lowest BCUT2D eigenvalue weighted by molar-refractivity contribution is -0.121. The fraction of sp³-hybridized carbons (Fsp3) is 0.800. The summed E-state index contributed by atoms with van der Waals surface area (Å²) in [6.07, 6.45) is 4.61. The molecular formula is C10H21N3O2. The molecule has 0 aliphatic carbocycles. The van der Waals surface area contributed by atoms with Gasteiger partial charge in [-0.15, -0.1) is 0 Å². The Morgan fingerprint density at radius 1 is 1.27 bits per heavy atom. The van der Waals surface area contributed by atoms with E-state index in [4.69, 9.17) is 5.73 Å². The summed E-state index contributed by atoms with van der Waals surface area (Å²) in [5.74, 6) is -0.377. The van der Waals surface area contributed by atoms with E-state index in [1.165, 1.54) is 12.8 Å². The fourth-order valence-electron chi connectivity index (χ4n) is 1.19. The summed E-state index contributed by atoms with van der Waals surface area (Å²) in [6, 6.07) is -1.18. The molecule has 88 valence electrons. The minimum atomic E-state index is -0.806. The lowest BCUT2D eigenvalue weighted by Gasteiger charge is -2.11. The van der Waals surface area contributed by atoms with Gasteiger partial charge in [0.2, 0.25) is 5.91 Å². The molecule has 0 rings (SSSR count). The summed E-state index contributed by atoms with van der Waals surface area (Å²) in [5, 5.41) is 5.06. The smallest absolute Gasteiger partial charge is 0.318 e. The molecule has 5 nitrogen and oxygen atoms in total. The zero-order valence-electron chi connectivity index (χ0n) is 9.51. The van der Waals surface area contributed by atoms with E-state index >= 15 is 0 Å². The average molecular weight is 215 g/mol. The number of nitrogens with two attached hydrogens (primary N) is 1. The predicted octanol–water partition coefficient (Wildman–Crippen LogP) is 0.740. The van der Waals surface area contributed by atoms with Gasteiger partial charge in [0.25, 0.3) is 0 Å². The minimum absolute atomic E-state index is 0.376. The van der Waals surface area contributed by atoms with Crippen LogP contribution in [0.5, 0.6) is 0 Å². The first-order valence-corrected chi connectivity index (χ1v) is 5.41. The van der Waals surface area contributed by atoms with E-state index in [1.54, 1.807) is 6.92 Å². The molecule has 0 aromatic rings. The monoisotopic (exact) mass is 215 g/mol. The molecule has 1 atom stereocenters. The van der Waals surface area contributed by atoms with Gasteiger partial charge in [-0.25, -0.2) is 4.79 Å². The highest BCUT2D eigenvalue weighted by Gasteiger charge is 2.12. The third kappa shape index (κ3) is 7.93. The summed E-state index contributed by atoms with van der Waals surface area (Å²) in [6.45, 7) is 4.64. The van der Waals surface area contributed by atoms with E-state index < -0.39 is 6.03 Å². The summed E-state index contributed by atoms with van der Waals surface area (Å²) in [7, 11) is 0. The first kappa shape index (κ1) is 13.9. The van der Waals surface area contributed by atoms with Gasteiger partial charge < -0.3 is 11.1 Å². The van der Waals surface area contributed by atoms with Gasteiger partial charge in [-0.2, -0.15) is 0 Å². The van der Waals surface area contributed by atoms with Crippen LogP contribution >= 0.6 is 0 Å². The largest absolute Gasteiger partial charge is 0.351 e. The van der Waals surface area contributed by atoms with E-state index in [-0.39, 0.29) is 11.9 Å². The number of carbonyl (C=O) groups is 2. The zero-order valence-corrected chi connectivity index (χ0v) is 9.51. The molecule has 3 amide bonds. The van der Waals surface area contributed by atoms with Crippen LogP contribution in [0.4, 0.5) is 4.79 Å². The summed E-state index contributed by atoms with van der Waals surface area (Å²) >= 11 is 0. The Balaban J connectivity index is 3.51. The predicted molar refractivity (Wildman–Crippen MR) is 59.3 cm³/mol. The second-order valence-corrected chi connectivity index (χ2v) is 3.59. The van der Waals surface area contributed by atoms with Crippen molar-refractivity contribution in [3.63, 3.8) is 0 Å². The van der Waals surface area contributed by atoms with Crippen LogP contribution in [0.15, 0.2) is 0 Å². The van der Waals surface area contributed by atoms with E-state index in [9.17, 15) is 9.59 Å². The van der Waals surface area contributed by atoms with Gasteiger partial charge in [0.05, 0.1) is 6.04 Å². The van der Waals surface area contributed by atoms with Crippen LogP contribution in [-0.2, 0) is 4.79 Å².